The average molecular weight is 506 g/mol. The van der Waals surface area contributed by atoms with Gasteiger partial charge in [-0.3, -0.25) is 9.48 Å². The van der Waals surface area contributed by atoms with Gasteiger partial charge in [0.25, 0.3) is 5.91 Å². The molecule has 1 unspecified atom stereocenters. The number of amides is 1. The second-order valence-corrected chi connectivity index (χ2v) is 9.02. The summed E-state index contributed by atoms with van der Waals surface area (Å²) in [6.07, 6.45) is 3.82. The van der Waals surface area contributed by atoms with Gasteiger partial charge in [-0.25, -0.2) is 4.98 Å². The van der Waals surface area contributed by atoms with E-state index in [9.17, 15) is 18.0 Å². The van der Waals surface area contributed by atoms with E-state index in [0.717, 1.165) is 67.7 Å². The number of nitrogens with one attached hydrogen (secondary N) is 2. The molecule has 2 atom stereocenters. The molecule has 6 nitrogen and oxygen atoms in total. The lowest BCUT2D eigenvalue weighted by molar-refractivity contribution is -0.137. The Morgan fingerprint density at radius 2 is 2.11 bits per heavy atom. The lowest BCUT2D eigenvalue weighted by Crippen LogP contribution is -2.46. The molecule has 1 aromatic carbocycles. The van der Waals surface area contributed by atoms with E-state index in [-0.39, 0.29) is 6.04 Å². The molecule has 0 radical (unpaired) electrons. The van der Waals surface area contributed by atoms with Gasteiger partial charge in [0.05, 0.1) is 22.8 Å². The highest BCUT2D eigenvalue weighted by Crippen LogP contribution is 2.36. The number of pyridine rings is 1. The maximum atomic E-state index is 13.3. The van der Waals surface area contributed by atoms with E-state index in [1.54, 1.807) is 6.20 Å². The van der Waals surface area contributed by atoms with E-state index in [2.05, 4.69) is 27.6 Å². The van der Waals surface area contributed by atoms with Crippen LogP contribution in [0.15, 0.2) is 48.9 Å². The van der Waals surface area contributed by atoms with Crippen LogP contribution < -0.4 is 10.6 Å². The average Bonchev–Trinajstić information content (AvgIpc) is 3.31. The molecule has 1 aliphatic heterocycles. The van der Waals surface area contributed by atoms with Crippen molar-refractivity contribution in [2.75, 3.05) is 6.54 Å². The Balaban J connectivity index is 1.66. The van der Waals surface area contributed by atoms with Gasteiger partial charge in [-0.05, 0) is 49.1 Å². The smallest absolute Gasteiger partial charge is 0.342 e. The Kier molecular flexibility index (Phi) is 7.76. The lowest BCUT2D eigenvalue weighted by Gasteiger charge is -2.32. The summed E-state index contributed by atoms with van der Waals surface area (Å²) in [6, 6.07) is 7.95. The van der Waals surface area contributed by atoms with E-state index < -0.39 is 34.4 Å². The van der Waals surface area contributed by atoms with Crippen LogP contribution in [-0.4, -0.2) is 33.3 Å². The predicted molar refractivity (Wildman–Crippen MR) is 128 cm³/mol. The van der Waals surface area contributed by atoms with Gasteiger partial charge in [-0.15, -0.1) is 0 Å². The van der Waals surface area contributed by atoms with Crippen molar-refractivity contribution in [3.05, 3.63) is 70.8 Å². The van der Waals surface area contributed by atoms with E-state index in [4.69, 9.17) is 11.6 Å². The maximum Gasteiger partial charge on any atom is 0.417 e. The quantitative estimate of drug-likeness (QED) is 0.436. The van der Waals surface area contributed by atoms with Crippen molar-refractivity contribution in [1.29, 1.82) is 0 Å². The minimum absolute atomic E-state index is 0.0876. The SMILES string of the molecule is CCCn1cc(-c2cccc([C@H](NC(=O)c3nccc(C(F)(F)F)c3Cl)C3CCCCN3)c2)cn1. The summed E-state index contributed by atoms with van der Waals surface area (Å²) in [7, 11) is 0. The van der Waals surface area contributed by atoms with Gasteiger partial charge in [0.2, 0.25) is 0 Å². The molecule has 2 N–H and O–H groups in total. The summed E-state index contributed by atoms with van der Waals surface area (Å²) in [6.45, 7) is 3.69. The number of rotatable bonds is 7. The molecule has 0 saturated carbocycles. The summed E-state index contributed by atoms with van der Waals surface area (Å²) in [5, 5.41) is 10.0. The largest absolute Gasteiger partial charge is 0.417 e. The minimum Gasteiger partial charge on any atom is -0.342 e. The fraction of sp³-hybridized carbons (Fsp3) is 0.400. The number of benzene rings is 1. The first-order valence-electron chi connectivity index (χ1n) is 11.7. The van der Waals surface area contributed by atoms with Gasteiger partial charge >= 0.3 is 6.18 Å². The normalized spacial score (nSPS) is 17.2. The van der Waals surface area contributed by atoms with Crippen molar-refractivity contribution in [3.63, 3.8) is 0 Å². The third kappa shape index (κ3) is 5.85. The Morgan fingerprint density at radius 1 is 1.29 bits per heavy atom. The second-order valence-electron chi connectivity index (χ2n) is 8.64. The Morgan fingerprint density at radius 3 is 2.83 bits per heavy atom. The molecule has 3 aromatic rings. The zero-order chi connectivity index (χ0) is 25.0. The second kappa shape index (κ2) is 10.8. The van der Waals surface area contributed by atoms with Gasteiger partial charge in [0.1, 0.15) is 5.69 Å². The fourth-order valence-electron chi connectivity index (χ4n) is 4.39. The van der Waals surface area contributed by atoms with Gasteiger partial charge in [0.15, 0.2) is 0 Å². The van der Waals surface area contributed by atoms with Crippen LogP contribution in [0.3, 0.4) is 0 Å². The number of nitrogens with zero attached hydrogens (tertiary/aromatic N) is 3. The van der Waals surface area contributed by atoms with Gasteiger partial charge in [-0.2, -0.15) is 18.3 Å². The molecular weight excluding hydrogens is 479 g/mol. The first-order chi connectivity index (χ1) is 16.8. The maximum absolute atomic E-state index is 13.3. The third-order valence-corrected chi connectivity index (χ3v) is 6.49. The molecule has 186 valence electrons. The van der Waals surface area contributed by atoms with Gasteiger partial charge < -0.3 is 10.6 Å². The zero-order valence-electron chi connectivity index (χ0n) is 19.3. The summed E-state index contributed by atoms with van der Waals surface area (Å²) >= 11 is 5.97. The number of aromatic nitrogens is 3. The lowest BCUT2D eigenvalue weighted by atomic mass is 9.91. The molecule has 35 heavy (non-hydrogen) atoms. The molecule has 1 amide bonds. The number of aryl methyl sites for hydroxylation is 1. The number of halogens is 4. The van der Waals surface area contributed by atoms with Gasteiger partial charge in [-0.1, -0.05) is 43.1 Å². The van der Waals surface area contributed by atoms with Crippen molar-refractivity contribution in [1.82, 2.24) is 25.4 Å². The molecular formula is C25H27ClF3N5O. The van der Waals surface area contributed by atoms with Crippen LogP contribution in [0, 0.1) is 0 Å². The number of carbonyl (C=O) groups excluding carboxylic acids is 1. The van der Waals surface area contributed by atoms with Crippen LogP contribution in [0.5, 0.6) is 0 Å². The van der Waals surface area contributed by atoms with E-state index >= 15 is 0 Å². The van der Waals surface area contributed by atoms with Crippen LogP contribution in [0.25, 0.3) is 11.1 Å². The van der Waals surface area contributed by atoms with E-state index in [1.165, 1.54) is 0 Å². The van der Waals surface area contributed by atoms with Crippen molar-refractivity contribution in [3.8, 4) is 11.1 Å². The molecule has 3 heterocycles. The molecule has 1 aliphatic rings. The molecule has 4 rings (SSSR count). The molecule has 0 spiro atoms. The summed E-state index contributed by atoms with van der Waals surface area (Å²) in [5.74, 6) is -0.750. The first kappa shape index (κ1) is 25.2. The highest BCUT2D eigenvalue weighted by atomic mass is 35.5. The van der Waals surface area contributed by atoms with Crippen LogP contribution in [0.2, 0.25) is 5.02 Å². The summed E-state index contributed by atoms with van der Waals surface area (Å²) < 4.78 is 41.8. The summed E-state index contributed by atoms with van der Waals surface area (Å²) in [5.41, 5.74) is 1.19. The number of carbonyl (C=O) groups is 1. The Labute approximate surface area is 206 Å². The van der Waals surface area contributed by atoms with Crippen LogP contribution >= 0.6 is 11.6 Å². The molecule has 1 saturated heterocycles. The highest BCUT2D eigenvalue weighted by molar-refractivity contribution is 6.34. The first-order valence-corrected chi connectivity index (χ1v) is 12.0. The molecule has 1 fully saturated rings. The molecule has 10 heteroatoms. The highest BCUT2D eigenvalue weighted by Gasteiger charge is 2.36. The fourth-order valence-corrected chi connectivity index (χ4v) is 4.69. The number of alkyl halides is 3. The monoisotopic (exact) mass is 505 g/mol. The van der Waals surface area contributed by atoms with Crippen LogP contribution in [0.1, 0.15) is 60.3 Å². The van der Waals surface area contributed by atoms with Crippen molar-refractivity contribution >= 4 is 17.5 Å². The Bertz CT molecular complexity index is 1170. The summed E-state index contributed by atoms with van der Waals surface area (Å²) in [4.78, 5) is 17.0. The van der Waals surface area contributed by atoms with Crippen molar-refractivity contribution in [2.45, 2.75) is 57.4 Å². The molecule has 0 bridgehead atoms. The van der Waals surface area contributed by atoms with Gasteiger partial charge in [0, 0.05) is 30.5 Å². The van der Waals surface area contributed by atoms with E-state index in [0.29, 0.717) is 0 Å². The third-order valence-electron chi connectivity index (χ3n) is 6.11. The number of piperidine rings is 1. The van der Waals surface area contributed by atoms with Crippen LogP contribution in [-0.2, 0) is 12.7 Å². The van der Waals surface area contributed by atoms with E-state index in [1.807, 2.05) is 35.1 Å². The zero-order valence-corrected chi connectivity index (χ0v) is 20.0. The standard InChI is InChI=1S/C25H27ClF3N5O/c1-2-12-34-15-18(14-32-34)16-6-5-7-17(13-16)22(20-8-3-4-10-30-20)33-24(35)23-21(26)19(9-11-31-23)25(27,28)29/h5-7,9,11,13-15,20,22,30H,2-4,8,10,12H2,1H3,(H,33,35)/t20?,22-/m0/s1. The Hall–Kier alpha value is -2.91. The number of hydrogen-bond donors (Lipinski definition) is 2. The minimum atomic E-state index is -4.68. The number of hydrogen-bond acceptors (Lipinski definition) is 4. The van der Waals surface area contributed by atoms with Crippen molar-refractivity contribution < 1.29 is 18.0 Å². The van der Waals surface area contributed by atoms with Crippen LogP contribution in [0.4, 0.5) is 13.2 Å². The van der Waals surface area contributed by atoms with Crippen molar-refractivity contribution in [2.24, 2.45) is 0 Å². The predicted octanol–water partition coefficient (Wildman–Crippen LogP) is 5.64. The molecule has 0 aliphatic carbocycles. The molecule has 2 aromatic heterocycles. The topological polar surface area (TPSA) is 71.8 Å².